The Bertz CT molecular complexity index is 956. The van der Waals surface area contributed by atoms with E-state index in [0.29, 0.717) is 24.8 Å². The Morgan fingerprint density at radius 3 is 2.89 bits per heavy atom. The summed E-state index contributed by atoms with van der Waals surface area (Å²) < 4.78 is 1.63. The molecular weight excluding hydrogens is 396 g/mol. The molecule has 2 fully saturated rings. The molecule has 2 aromatic heterocycles. The summed E-state index contributed by atoms with van der Waals surface area (Å²) >= 11 is 1.67. The molecule has 2 N–H and O–H groups in total. The molecule has 1 aliphatic heterocycles. The molecule has 3 heterocycles. The van der Waals surface area contributed by atoms with Gasteiger partial charge in [-0.25, -0.2) is 4.98 Å². The minimum absolute atomic E-state index is 0. The van der Waals surface area contributed by atoms with Crippen molar-refractivity contribution >= 4 is 39.9 Å². The predicted octanol–water partition coefficient (Wildman–Crippen LogP) is 2.34. The number of nitrogens with two attached hydrogens (primary N) is 1. The minimum atomic E-state index is 0. The third-order valence-corrected chi connectivity index (χ3v) is 7.97. The second-order valence-electron chi connectivity index (χ2n) is 8.35. The maximum absolute atomic E-state index is 13.0. The number of aromatic nitrogens is 2. The van der Waals surface area contributed by atoms with Crippen LogP contribution in [0.1, 0.15) is 42.5 Å². The first-order chi connectivity index (χ1) is 13.1. The van der Waals surface area contributed by atoms with E-state index < -0.39 is 0 Å². The van der Waals surface area contributed by atoms with E-state index in [1.165, 1.54) is 16.9 Å². The lowest BCUT2D eigenvalue weighted by Gasteiger charge is -2.19. The van der Waals surface area contributed by atoms with Gasteiger partial charge in [0.1, 0.15) is 4.83 Å². The number of rotatable bonds is 3. The normalized spacial score (nSPS) is 26.2. The predicted molar refractivity (Wildman–Crippen MR) is 113 cm³/mol. The number of carbonyl (C=O) groups is 1. The van der Waals surface area contributed by atoms with E-state index in [4.69, 9.17) is 5.73 Å². The summed E-state index contributed by atoms with van der Waals surface area (Å²) in [4.78, 5) is 34.3. The van der Waals surface area contributed by atoms with Crippen LogP contribution in [0.3, 0.4) is 0 Å². The molecule has 3 atom stereocenters. The van der Waals surface area contributed by atoms with Crippen molar-refractivity contribution in [3.05, 3.63) is 27.1 Å². The van der Waals surface area contributed by atoms with Crippen LogP contribution in [-0.2, 0) is 24.2 Å². The molecule has 0 spiro atoms. The molecule has 0 aromatic carbocycles. The Morgan fingerprint density at radius 2 is 2.07 bits per heavy atom. The highest BCUT2D eigenvalue weighted by Crippen LogP contribution is 2.37. The molecule has 152 valence electrons. The number of hydrogen-bond acceptors (Lipinski definition) is 5. The molecular formula is C20H27ClN4O2S. The number of fused-ring (bicyclic) bond motifs is 4. The smallest absolute Gasteiger partial charge is 0.262 e. The zero-order valence-electron chi connectivity index (χ0n) is 15.9. The van der Waals surface area contributed by atoms with Crippen molar-refractivity contribution in [3.63, 3.8) is 0 Å². The van der Waals surface area contributed by atoms with Crippen molar-refractivity contribution in [3.8, 4) is 0 Å². The Balaban J connectivity index is 0.00000192. The fourth-order valence-electron chi connectivity index (χ4n) is 5.23. The highest BCUT2D eigenvalue weighted by molar-refractivity contribution is 7.18. The highest BCUT2D eigenvalue weighted by Gasteiger charge is 2.42. The standard InChI is InChI=1S/C20H26N4O2S.ClH/c21-15-6-5-12-9-24(10-14(12)15)17(25)7-8-23-11-22-19-18(20(23)26)13-3-1-2-4-16(13)27-19;/h11-12,14-15H,1-10,21H2;1H. The summed E-state index contributed by atoms with van der Waals surface area (Å²) in [5.74, 6) is 1.17. The highest BCUT2D eigenvalue weighted by atomic mass is 35.5. The molecule has 28 heavy (non-hydrogen) atoms. The van der Waals surface area contributed by atoms with Crippen LogP contribution in [0.4, 0.5) is 0 Å². The van der Waals surface area contributed by atoms with Gasteiger partial charge in [-0.05, 0) is 55.9 Å². The van der Waals surface area contributed by atoms with Gasteiger partial charge in [-0.15, -0.1) is 23.7 Å². The summed E-state index contributed by atoms with van der Waals surface area (Å²) in [7, 11) is 0. The fourth-order valence-corrected chi connectivity index (χ4v) is 6.45. The number of nitrogens with zero attached hydrogens (tertiary/aromatic N) is 3. The fraction of sp³-hybridized carbons (Fsp3) is 0.650. The van der Waals surface area contributed by atoms with Gasteiger partial charge < -0.3 is 10.6 Å². The summed E-state index contributed by atoms with van der Waals surface area (Å²) in [6, 6.07) is 0.242. The number of likely N-dealkylation sites (tertiary alicyclic amines) is 1. The van der Waals surface area contributed by atoms with E-state index >= 15 is 0 Å². The van der Waals surface area contributed by atoms with Crippen LogP contribution in [0.5, 0.6) is 0 Å². The molecule has 3 unspecified atom stereocenters. The lowest BCUT2D eigenvalue weighted by molar-refractivity contribution is -0.130. The van der Waals surface area contributed by atoms with Crippen molar-refractivity contribution in [2.75, 3.05) is 13.1 Å². The minimum Gasteiger partial charge on any atom is -0.342 e. The molecule has 6 nitrogen and oxygen atoms in total. The van der Waals surface area contributed by atoms with Gasteiger partial charge in [0.2, 0.25) is 5.91 Å². The lowest BCUT2D eigenvalue weighted by Crippen LogP contribution is -2.34. The SMILES string of the molecule is Cl.NC1CCC2CN(C(=O)CCn3cnc4sc5c(c4c3=O)CCCC5)CC12. The Morgan fingerprint density at radius 1 is 1.25 bits per heavy atom. The summed E-state index contributed by atoms with van der Waals surface area (Å²) in [6.07, 6.45) is 8.58. The van der Waals surface area contributed by atoms with Crippen molar-refractivity contribution in [2.45, 2.75) is 57.5 Å². The van der Waals surface area contributed by atoms with Crippen LogP contribution >= 0.6 is 23.7 Å². The maximum Gasteiger partial charge on any atom is 0.262 e. The van der Waals surface area contributed by atoms with Crippen LogP contribution in [0.25, 0.3) is 10.2 Å². The van der Waals surface area contributed by atoms with Gasteiger partial charge in [0, 0.05) is 37.0 Å². The Labute approximate surface area is 174 Å². The van der Waals surface area contributed by atoms with Gasteiger partial charge in [0.25, 0.3) is 5.56 Å². The largest absolute Gasteiger partial charge is 0.342 e. The third-order valence-electron chi connectivity index (χ3n) is 6.77. The average molecular weight is 423 g/mol. The number of hydrogen-bond donors (Lipinski definition) is 1. The van der Waals surface area contributed by atoms with Crippen LogP contribution in [-0.4, -0.2) is 39.5 Å². The van der Waals surface area contributed by atoms with Crippen LogP contribution in [0, 0.1) is 11.8 Å². The summed E-state index contributed by atoms with van der Waals surface area (Å²) in [6.45, 7) is 2.03. The second kappa shape index (κ2) is 7.76. The summed E-state index contributed by atoms with van der Waals surface area (Å²) in [5.41, 5.74) is 7.40. The molecule has 1 saturated heterocycles. The van der Waals surface area contributed by atoms with Crippen molar-refractivity contribution in [1.82, 2.24) is 14.5 Å². The molecule has 8 heteroatoms. The zero-order valence-corrected chi connectivity index (χ0v) is 17.6. The van der Waals surface area contributed by atoms with E-state index in [9.17, 15) is 9.59 Å². The van der Waals surface area contributed by atoms with Crippen molar-refractivity contribution < 1.29 is 4.79 Å². The Kier molecular flexibility index (Phi) is 5.51. The van der Waals surface area contributed by atoms with E-state index in [1.54, 1.807) is 22.2 Å². The Hall–Kier alpha value is -1.44. The molecule has 2 aliphatic carbocycles. The first kappa shape index (κ1) is 19.9. The first-order valence-electron chi connectivity index (χ1n) is 10.1. The number of amides is 1. The van der Waals surface area contributed by atoms with E-state index in [2.05, 4.69) is 4.98 Å². The second-order valence-corrected chi connectivity index (χ2v) is 9.43. The van der Waals surface area contributed by atoms with Gasteiger partial charge in [-0.1, -0.05) is 0 Å². The molecule has 3 aliphatic rings. The van der Waals surface area contributed by atoms with Gasteiger partial charge in [0.05, 0.1) is 11.7 Å². The first-order valence-corrected chi connectivity index (χ1v) is 11.0. The van der Waals surface area contributed by atoms with Gasteiger partial charge >= 0.3 is 0 Å². The third kappa shape index (κ3) is 3.27. The van der Waals surface area contributed by atoms with E-state index in [-0.39, 0.29) is 29.9 Å². The lowest BCUT2D eigenvalue weighted by atomic mass is 9.97. The zero-order chi connectivity index (χ0) is 18.5. The van der Waals surface area contributed by atoms with Crippen molar-refractivity contribution in [2.24, 2.45) is 17.6 Å². The maximum atomic E-state index is 13.0. The number of thiophene rings is 1. The number of aryl methyl sites for hydroxylation is 3. The van der Waals surface area contributed by atoms with Gasteiger partial charge in [-0.3, -0.25) is 14.2 Å². The van der Waals surface area contributed by atoms with Crippen LogP contribution in [0.15, 0.2) is 11.1 Å². The molecule has 1 amide bonds. The molecule has 1 saturated carbocycles. The van der Waals surface area contributed by atoms with Crippen molar-refractivity contribution in [1.29, 1.82) is 0 Å². The number of halogens is 1. The summed E-state index contributed by atoms with van der Waals surface area (Å²) in [5, 5.41) is 0.798. The van der Waals surface area contributed by atoms with Gasteiger partial charge in [0.15, 0.2) is 0 Å². The average Bonchev–Trinajstić information content (AvgIpc) is 3.35. The topological polar surface area (TPSA) is 81.2 Å². The molecule has 0 radical (unpaired) electrons. The van der Waals surface area contributed by atoms with Crippen LogP contribution < -0.4 is 11.3 Å². The molecule has 5 rings (SSSR count). The quantitative estimate of drug-likeness (QED) is 0.823. The van der Waals surface area contributed by atoms with E-state index in [0.717, 1.165) is 55.4 Å². The molecule has 0 bridgehead atoms. The molecule has 2 aromatic rings. The van der Waals surface area contributed by atoms with Gasteiger partial charge in [-0.2, -0.15) is 0 Å². The van der Waals surface area contributed by atoms with Crippen LogP contribution in [0.2, 0.25) is 0 Å². The number of carbonyl (C=O) groups excluding carboxylic acids is 1. The monoisotopic (exact) mass is 422 g/mol. The van der Waals surface area contributed by atoms with E-state index in [1.807, 2.05) is 4.90 Å².